The Bertz CT molecular complexity index is 603. The van der Waals surface area contributed by atoms with E-state index in [0.29, 0.717) is 16.5 Å². The molecule has 0 spiro atoms. The second-order valence-electron chi connectivity index (χ2n) is 4.19. The maximum absolute atomic E-state index is 6.28. The normalized spacial score (nSPS) is 12.1. The number of thiophene rings is 1. The first kappa shape index (κ1) is 15.5. The molecule has 1 unspecified atom stereocenters. The van der Waals surface area contributed by atoms with Gasteiger partial charge in [-0.15, -0.1) is 11.3 Å². The highest BCUT2D eigenvalue weighted by atomic mass is 79.9. The molecule has 0 radical (unpaired) electrons. The first-order chi connectivity index (χ1) is 9.56. The van der Waals surface area contributed by atoms with Crippen LogP contribution in [0.15, 0.2) is 28.1 Å². The Kier molecular flexibility index (Phi) is 5.18. The monoisotopic (exact) mass is 375 g/mol. The first-order valence-electron chi connectivity index (χ1n) is 5.97. The summed E-state index contributed by atoms with van der Waals surface area (Å²) >= 11 is 11.5. The van der Waals surface area contributed by atoms with Crippen LogP contribution in [0.5, 0.6) is 11.5 Å². The van der Waals surface area contributed by atoms with E-state index < -0.39 is 0 Å². The maximum atomic E-state index is 6.28. The van der Waals surface area contributed by atoms with Gasteiger partial charge in [-0.1, -0.05) is 11.6 Å². The predicted octanol–water partition coefficient (Wildman–Crippen LogP) is 5.35. The van der Waals surface area contributed by atoms with Crippen LogP contribution in [0.4, 0.5) is 5.69 Å². The standard InChI is InChI=1S/C14H15BrClNO2S/c1-8(14-9(15)4-5-20-14)17-11-7-13(19-3)12(18-2)6-10(11)16/h4-8,17H,1-3H3. The number of methoxy groups -OCH3 is 2. The summed E-state index contributed by atoms with van der Waals surface area (Å²) in [6, 6.07) is 5.77. The van der Waals surface area contributed by atoms with Gasteiger partial charge in [-0.25, -0.2) is 0 Å². The number of ether oxygens (including phenoxy) is 2. The molecule has 0 amide bonds. The van der Waals surface area contributed by atoms with Crippen LogP contribution in [-0.2, 0) is 0 Å². The summed E-state index contributed by atoms with van der Waals surface area (Å²) < 4.78 is 11.6. The fourth-order valence-corrected chi connectivity index (χ4v) is 3.81. The van der Waals surface area contributed by atoms with Crippen LogP contribution in [-0.4, -0.2) is 14.2 Å². The van der Waals surface area contributed by atoms with E-state index in [1.165, 1.54) is 4.88 Å². The van der Waals surface area contributed by atoms with Gasteiger partial charge in [0.1, 0.15) is 0 Å². The summed E-state index contributed by atoms with van der Waals surface area (Å²) in [5.41, 5.74) is 0.817. The van der Waals surface area contributed by atoms with E-state index in [1.807, 2.05) is 17.5 Å². The molecule has 20 heavy (non-hydrogen) atoms. The van der Waals surface area contributed by atoms with Crippen molar-refractivity contribution in [3.63, 3.8) is 0 Å². The van der Waals surface area contributed by atoms with Crippen LogP contribution >= 0.6 is 38.9 Å². The number of anilines is 1. The summed E-state index contributed by atoms with van der Waals surface area (Å²) in [7, 11) is 3.20. The Balaban J connectivity index is 2.27. The smallest absolute Gasteiger partial charge is 0.162 e. The van der Waals surface area contributed by atoms with E-state index in [9.17, 15) is 0 Å². The summed E-state index contributed by atoms with van der Waals surface area (Å²) in [5, 5.41) is 6.04. The van der Waals surface area contributed by atoms with Gasteiger partial charge in [-0.05, 0) is 34.3 Å². The van der Waals surface area contributed by atoms with Crippen LogP contribution in [0.25, 0.3) is 0 Å². The van der Waals surface area contributed by atoms with Gasteiger partial charge in [-0.3, -0.25) is 0 Å². The van der Waals surface area contributed by atoms with Crippen molar-refractivity contribution in [1.82, 2.24) is 0 Å². The van der Waals surface area contributed by atoms with Crippen molar-refractivity contribution >= 4 is 44.6 Å². The maximum Gasteiger partial charge on any atom is 0.162 e. The van der Waals surface area contributed by atoms with Gasteiger partial charge >= 0.3 is 0 Å². The van der Waals surface area contributed by atoms with Gasteiger partial charge < -0.3 is 14.8 Å². The number of nitrogens with one attached hydrogen (secondary N) is 1. The van der Waals surface area contributed by atoms with Gasteiger partial charge in [0, 0.05) is 21.5 Å². The molecule has 0 bridgehead atoms. The first-order valence-corrected chi connectivity index (χ1v) is 8.02. The minimum absolute atomic E-state index is 0.139. The molecule has 1 aromatic carbocycles. The zero-order valence-electron chi connectivity index (χ0n) is 11.4. The number of rotatable bonds is 5. The predicted molar refractivity (Wildman–Crippen MR) is 88.6 cm³/mol. The highest BCUT2D eigenvalue weighted by Crippen LogP contribution is 2.38. The zero-order valence-corrected chi connectivity index (χ0v) is 14.5. The summed E-state index contributed by atoms with van der Waals surface area (Å²) in [5.74, 6) is 1.27. The minimum Gasteiger partial charge on any atom is -0.493 e. The Hall–Kier alpha value is -0.910. The third-order valence-corrected chi connectivity index (χ3v) is 5.25. The van der Waals surface area contributed by atoms with Gasteiger partial charge in [-0.2, -0.15) is 0 Å². The summed E-state index contributed by atoms with van der Waals surface area (Å²) in [6.45, 7) is 2.09. The third-order valence-electron chi connectivity index (χ3n) is 2.88. The van der Waals surface area contributed by atoms with Gasteiger partial charge in [0.15, 0.2) is 11.5 Å². The largest absolute Gasteiger partial charge is 0.493 e. The Morgan fingerprint density at radius 2 is 1.90 bits per heavy atom. The third kappa shape index (κ3) is 3.22. The number of hydrogen-bond donors (Lipinski definition) is 1. The van der Waals surface area contributed by atoms with E-state index in [2.05, 4.69) is 28.2 Å². The number of halogens is 2. The highest BCUT2D eigenvalue weighted by molar-refractivity contribution is 9.10. The lowest BCUT2D eigenvalue weighted by Crippen LogP contribution is -2.06. The van der Waals surface area contributed by atoms with Crippen molar-refractivity contribution in [1.29, 1.82) is 0 Å². The lowest BCUT2D eigenvalue weighted by Gasteiger charge is -2.18. The van der Waals surface area contributed by atoms with E-state index in [-0.39, 0.29) is 6.04 Å². The van der Waals surface area contributed by atoms with Crippen LogP contribution < -0.4 is 14.8 Å². The molecule has 2 rings (SSSR count). The van der Waals surface area contributed by atoms with E-state index in [4.69, 9.17) is 21.1 Å². The highest BCUT2D eigenvalue weighted by Gasteiger charge is 2.15. The Labute approximate surface area is 136 Å². The van der Waals surface area contributed by atoms with Crippen LogP contribution in [0.1, 0.15) is 17.8 Å². The van der Waals surface area contributed by atoms with Crippen molar-refractivity contribution in [2.24, 2.45) is 0 Å². The van der Waals surface area contributed by atoms with E-state index in [0.717, 1.165) is 10.2 Å². The van der Waals surface area contributed by atoms with Crippen LogP contribution in [0.2, 0.25) is 5.02 Å². The molecule has 108 valence electrons. The Morgan fingerprint density at radius 1 is 1.25 bits per heavy atom. The quantitative estimate of drug-likeness (QED) is 0.762. The SMILES string of the molecule is COc1cc(Cl)c(NC(C)c2sccc2Br)cc1OC. The van der Waals surface area contributed by atoms with Gasteiger partial charge in [0.05, 0.1) is 31.0 Å². The minimum atomic E-state index is 0.139. The summed E-state index contributed by atoms with van der Waals surface area (Å²) in [6.07, 6.45) is 0. The molecule has 0 aliphatic rings. The molecule has 0 fully saturated rings. The fraction of sp³-hybridized carbons (Fsp3) is 0.286. The average molecular weight is 377 g/mol. The molecule has 2 aromatic rings. The topological polar surface area (TPSA) is 30.5 Å². The molecule has 6 heteroatoms. The molecule has 0 saturated carbocycles. The van der Waals surface area contributed by atoms with Crippen molar-refractivity contribution in [3.05, 3.63) is 38.0 Å². The number of benzene rings is 1. The van der Waals surface area contributed by atoms with Crippen molar-refractivity contribution in [2.45, 2.75) is 13.0 Å². The van der Waals surface area contributed by atoms with E-state index >= 15 is 0 Å². The van der Waals surface area contributed by atoms with Crippen molar-refractivity contribution < 1.29 is 9.47 Å². The molecule has 1 aromatic heterocycles. The molecule has 1 N–H and O–H groups in total. The van der Waals surface area contributed by atoms with Gasteiger partial charge in [0.2, 0.25) is 0 Å². The molecule has 1 heterocycles. The zero-order chi connectivity index (χ0) is 14.7. The second kappa shape index (κ2) is 6.70. The second-order valence-corrected chi connectivity index (χ2v) is 6.40. The molecule has 0 aliphatic heterocycles. The fourth-order valence-electron chi connectivity index (χ4n) is 1.88. The average Bonchev–Trinajstić information content (AvgIpc) is 2.86. The molecule has 1 atom stereocenters. The molecular formula is C14H15BrClNO2S. The number of hydrogen-bond acceptors (Lipinski definition) is 4. The lowest BCUT2D eigenvalue weighted by molar-refractivity contribution is 0.355. The summed E-state index contributed by atoms with van der Waals surface area (Å²) in [4.78, 5) is 1.22. The molecule has 0 aliphatic carbocycles. The lowest BCUT2D eigenvalue weighted by atomic mass is 10.2. The van der Waals surface area contributed by atoms with Crippen molar-refractivity contribution in [2.75, 3.05) is 19.5 Å². The van der Waals surface area contributed by atoms with Crippen molar-refractivity contribution in [3.8, 4) is 11.5 Å². The van der Waals surface area contributed by atoms with Crippen LogP contribution in [0, 0.1) is 0 Å². The van der Waals surface area contributed by atoms with Crippen LogP contribution in [0.3, 0.4) is 0 Å². The molecule has 0 saturated heterocycles. The molecule has 3 nitrogen and oxygen atoms in total. The molecular weight excluding hydrogens is 362 g/mol. The van der Waals surface area contributed by atoms with Gasteiger partial charge in [0.25, 0.3) is 0 Å². The van der Waals surface area contributed by atoms with E-state index in [1.54, 1.807) is 31.6 Å². The Morgan fingerprint density at radius 3 is 2.45 bits per heavy atom.